The van der Waals surface area contributed by atoms with E-state index in [9.17, 15) is 4.79 Å². The third kappa shape index (κ3) is 3.45. The first-order valence-corrected chi connectivity index (χ1v) is 9.98. The molecular formula is C22H27BrN2O. The Morgan fingerprint density at radius 2 is 2.00 bits per heavy atom. The molecule has 4 heteroatoms. The highest BCUT2D eigenvalue weighted by atomic mass is 79.9. The topological polar surface area (TPSA) is 32.3 Å². The molecule has 26 heavy (non-hydrogen) atoms. The number of anilines is 1. The summed E-state index contributed by atoms with van der Waals surface area (Å²) in [6.45, 7) is 9.80. The molecule has 3 rings (SSSR count). The molecule has 1 aliphatic heterocycles. The van der Waals surface area contributed by atoms with Gasteiger partial charge in [0.2, 0.25) is 0 Å². The average Bonchev–Trinajstić information content (AvgIpc) is 2.58. The zero-order valence-corrected chi connectivity index (χ0v) is 17.8. The molecule has 1 amide bonds. The van der Waals surface area contributed by atoms with Gasteiger partial charge in [0.05, 0.1) is 0 Å². The maximum Gasteiger partial charge on any atom is 0.255 e. The summed E-state index contributed by atoms with van der Waals surface area (Å²) in [5.74, 6) is -0.0744. The molecule has 0 atom stereocenters. The van der Waals surface area contributed by atoms with Crippen LogP contribution in [0.15, 0.2) is 34.8 Å². The van der Waals surface area contributed by atoms with E-state index >= 15 is 0 Å². The van der Waals surface area contributed by atoms with Gasteiger partial charge in [-0.15, -0.1) is 0 Å². The van der Waals surface area contributed by atoms with E-state index in [0.717, 1.165) is 29.5 Å². The van der Waals surface area contributed by atoms with Gasteiger partial charge in [0.25, 0.3) is 5.91 Å². The summed E-state index contributed by atoms with van der Waals surface area (Å²) in [5, 5.41) is 3.09. The van der Waals surface area contributed by atoms with Gasteiger partial charge in [0.15, 0.2) is 0 Å². The van der Waals surface area contributed by atoms with Crippen LogP contribution in [0.25, 0.3) is 0 Å². The molecule has 0 saturated heterocycles. The van der Waals surface area contributed by atoms with Crippen LogP contribution in [0.4, 0.5) is 5.69 Å². The fourth-order valence-electron chi connectivity index (χ4n) is 3.71. The van der Waals surface area contributed by atoms with Crippen molar-refractivity contribution < 1.29 is 4.79 Å². The van der Waals surface area contributed by atoms with Gasteiger partial charge in [-0.3, -0.25) is 9.69 Å². The number of benzene rings is 2. The van der Waals surface area contributed by atoms with E-state index in [1.807, 2.05) is 18.2 Å². The molecule has 3 nitrogen and oxygen atoms in total. The highest BCUT2D eigenvalue weighted by molar-refractivity contribution is 9.10. The number of amides is 1. The fraction of sp³-hybridized carbons (Fsp3) is 0.409. The van der Waals surface area contributed by atoms with Crippen molar-refractivity contribution in [1.82, 2.24) is 4.90 Å². The van der Waals surface area contributed by atoms with Crippen LogP contribution in [0.2, 0.25) is 0 Å². The van der Waals surface area contributed by atoms with E-state index in [4.69, 9.17) is 0 Å². The Labute approximate surface area is 164 Å². The van der Waals surface area contributed by atoms with Gasteiger partial charge >= 0.3 is 0 Å². The fourth-order valence-corrected chi connectivity index (χ4v) is 4.37. The molecule has 1 N–H and O–H groups in total. The molecule has 1 aliphatic rings. The first-order chi connectivity index (χ1) is 12.2. The number of carbonyl (C=O) groups excluding carboxylic acids is 1. The highest BCUT2D eigenvalue weighted by Crippen LogP contribution is 2.37. The minimum Gasteiger partial charge on any atom is -0.322 e. The Balaban J connectivity index is 1.91. The summed E-state index contributed by atoms with van der Waals surface area (Å²) < 4.78 is 0.983. The van der Waals surface area contributed by atoms with Gasteiger partial charge in [0.1, 0.15) is 0 Å². The van der Waals surface area contributed by atoms with E-state index in [0.29, 0.717) is 5.56 Å². The Morgan fingerprint density at radius 3 is 2.65 bits per heavy atom. The van der Waals surface area contributed by atoms with Crippen LogP contribution in [0.5, 0.6) is 0 Å². The summed E-state index contributed by atoms with van der Waals surface area (Å²) in [6, 6.07) is 10.0. The SMILES string of the molecule is CCc1ccc(C(=O)Nc2cc(C)c3c(c2)C(C)(C)N(C)CC3)cc1Br. The first-order valence-electron chi connectivity index (χ1n) is 9.19. The second-order valence-corrected chi connectivity index (χ2v) is 8.52. The molecule has 0 fully saturated rings. The molecule has 2 aromatic rings. The van der Waals surface area contributed by atoms with Crippen LogP contribution in [-0.4, -0.2) is 24.4 Å². The standard InChI is InChI=1S/C22H27BrN2O/c1-6-15-7-8-16(12-20(15)23)21(26)24-17-11-14(2)18-9-10-25(5)22(3,4)19(18)13-17/h7-8,11-13H,6,9-10H2,1-5H3,(H,24,26). The zero-order chi connectivity index (χ0) is 19.1. The van der Waals surface area contributed by atoms with Crippen LogP contribution in [0.1, 0.15) is 53.4 Å². The lowest BCUT2D eigenvalue weighted by molar-refractivity contribution is 0.102. The molecule has 0 aromatic heterocycles. The van der Waals surface area contributed by atoms with E-state index in [-0.39, 0.29) is 11.4 Å². The van der Waals surface area contributed by atoms with Crippen LogP contribution in [-0.2, 0) is 18.4 Å². The van der Waals surface area contributed by atoms with Crippen LogP contribution in [0, 0.1) is 6.92 Å². The largest absolute Gasteiger partial charge is 0.322 e. The van der Waals surface area contributed by atoms with Gasteiger partial charge < -0.3 is 5.32 Å². The Hall–Kier alpha value is -1.65. The lowest BCUT2D eigenvalue weighted by Crippen LogP contribution is -2.44. The van der Waals surface area contributed by atoms with E-state index < -0.39 is 0 Å². The maximum absolute atomic E-state index is 12.7. The quantitative estimate of drug-likeness (QED) is 0.738. The van der Waals surface area contributed by atoms with Crippen molar-refractivity contribution in [1.29, 1.82) is 0 Å². The summed E-state index contributed by atoms with van der Waals surface area (Å²) in [6.07, 6.45) is 2.00. The van der Waals surface area contributed by atoms with Gasteiger partial charge in [-0.2, -0.15) is 0 Å². The molecular weight excluding hydrogens is 388 g/mol. The normalized spacial score (nSPS) is 16.2. The number of fused-ring (bicyclic) bond motifs is 1. The number of aryl methyl sites for hydroxylation is 2. The lowest BCUT2D eigenvalue weighted by Gasteiger charge is -2.42. The lowest BCUT2D eigenvalue weighted by atomic mass is 9.81. The molecule has 0 spiro atoms. The third-order valence-corrected chi connectivity index (χ3v) is 6.48. The van der Waals surface area contributed by atoms with Crippen LogP contribution < -0.4 is 5.32 Å². The van der Waals surface area contributed by atoms with Crippen molar-refractivity contribution in [2.24, 2.45) is 0 Å². The molecule has 0 bridgehead atoms. The molecule has 0 saturated carbocycles. The predicted molar refractivity (Wildman–Crippen MR) is 112 cm³/mol. The number of halogens is 1. The summed E-state index contributed by atoms with van der Waals surface area (Å²) >= 11 is 3.56. The predicted octanol–water partition coefficient (Wildman–Crippen LogP) is 5.30. The Morgan fingerprint density at radius 1 is 1.27 bits per heavy atom. The van der Waals surface area contributed by atoms with Gasteiger partial charge in [0, 0.05) is 27.8 Å². The number of nitrogens with zero attached hydrogens (tertiary/aromatic N) is 1. The van der Waals surface area contributed by atoms with E-state index in [1.165, 1.54) is 22.3 Å². The van der Waals surface area contributed by atoms with Crippen molar-refractivity contribution in [2.45, 2.75) is 46.1 Å². The smallest absolute Gasteiger partial charge is 0.255 e. The third-order valence-electron chi connectivity index (χ3n) is 5.74. The van der Waals surface area contributed by atoms with Crippen molar-refractivity contribution in [3.8, 4) is 0 Å². The van der Waals surface area contributed by atoms with E-state index in [2.05, 4.69) is 73.0 Å². The number of likely N-dealkylation sites (N-methyl/N-ethyl adjacent to an activating group) is 1. The summed E-state index contributed by atoms with van der Waals surface area (Å²) in [7, 11) is 2.16. The first kappa shape index (κ1) is 19.1. The zero-order valence-electron chi connectivity index (χ0n) is 16.2. The monoisotopic (exact) mass is 414 g/mol. The van der Waals surface area contributed by atoms with Crippen molar-refractivity contribution in [3.63, 3.8) is 0 Å². The van der Waals surface area contributed by atoms with Crippen LogP contribution >= 0.6 is 15.9 Å². The number of hydrogen-bond acceptors (Lipinski definition) is 2. The van der Waals surface area contributed by atoms with Crippen LogP contribution in [0.3, 0.4) is 0 Å². The average molecular weight is 415 g/mol. The molecule has 2 aromatic carbocycles. The summed E-state index contributed by atoms with van der Waals surface area (Å²) in [4.78, 5) is 15.1. The summed E-state index contributed by atoms with van der Waals surface area (Å²) in [5.41, 5.74) is 6.68. The number of carbonyl (C=O) groups is 1. The number of rotatable bonds is 3. The number of hydrogen-bond donors (Lipinski definition) is 1. The van der Waals surface area contributed by atoms with E-state index in [1.54, 1.807) is 0 Å². The van der Waals surface area contributed by atoms with Crippen molar-refractivity contribution in [3.05, 3.63) is 62.6 Å². The highest BCUT2D eigenvalue weighted by Gasteiger charge is 2.33. The molecule has 138 valence electrons. The molecule has 0 aliphatic carbocycles. The van der Waals surface area contributed by atoms with Crippen molar-refractivity contribution >= 4 is 27.5 Å². The van der Waals surface area contributed by atoms with Gasteiger partial charge in [-0.05, 0) is 87.2 Å². The minimum absolute atomic E-state index is 0.0368. The molecule has 1 heterocycles. The molecule has 0 unspecified atom stereocenters. The van der Waals surface area contributed by atoms with Crippen molar-refractivity contribution in [2.75, 3.05) is 18.9 Å². The Kier molecular flexibility index (Phi) is 5.27. The second-order valence-electron chi connectivity index (χ2n) is 7.66. The maximum atomic E-state index is 12.7. The van der Waals surface area contributed by atoms with Gasteiger partial charge in [-0.1, -0.05) is 28.9 Å². The minimum atomic E-state index is -0.0744. The Bertz CT molecular complexity index is 857. The van der Waals surface area contributed by atoms with Gasteiger partial charge in [-0.25, -0.2) is 0 Å². The molecule has 0 radical (unpaired) electrons. The second kappa shape index (κ2) is 7.16. The number of nitrogens with one attached hydrogen (secondary N) is 1.